The Bertz CT molecular complexity index is 468. The summed E-state index contributed by atoms with van der Waals surface area (Å²) in [7, 11) is 1.90. The lowest BCUT2D eigenvalue weighted by atomic mass is 9.99. The van der Waals surface area contributed by atoms with Crippen molar-refractivity contribution in [1.29, 1.82) is 0 Å². The minimum atomic E-state index is 0.142. The fraction of sp³-hybridized carbons (Fsp3) is 0.562. The second-order valence-electron chi connectivity index (χ2n) is 5.83. The number of hydrogen-bond acceptors (Lipinski definition) is 2. The minimum absolute atomic E-state index is 0.142. The van der Waals surface area contributed by atoms with Gasteiger partial charge in [-0.2, -0.15) is 0 Å². The van der Waals surface area contributed by atoms with Crippen LogP contribution in [0.25, 0.3) is 0 Å². The van der Waals surface area contributed by atoms with Gasteiger partial charge >= 0.3 is 0 Å². The number of fused-ring (bicyclic) bond motifs is 1. The first-order valence-electron chi connectivity index (χ1n) is 7.14. The third kappa shape index (κ3) is 3.16. The number of hydrogen-bond donors (Lipinski definition) is 0. The van der Waals surface area contributed by atoms with Crippen LogP contribution in [0.3, 0.4) is 0 Å². The van der Waals surface area contributed by atoms with Crippen LogP contribution in [-0.2, 0) is 22.6 Å². The predicted octanol–water partition coefficient (Wildman–Crippen LogP) is 2.39. The number of likely N-dealkylation sites (N-methyl/N-ethyl adjacent to an activating group) is 1. The number of nitrogens with zero attached hydrogens (tertiary/aromatic N) is 1. The molecule has 3 rings (SSSR count). The summed E-state index contributed by atoms with van der Waals surface area (Å²) in [5.74, 6) is 0.924. The normalized spacial score (nSPS) is 21.8. The summed E-state index contributed by atoms with van der Waals surface area (Å²) in [5.41, 5.74) is 2.65. The quantitative estimate of drug-likeness (QED) is 0.831. The number of rotatable bonds is 4. The van der Waals surface area contributed by atoms with E-state index in [1.807, 2.05) is 18.0 Å². The van der Waals surface area contributed by atoms with Crippen molar-refractivity contribution in [2.45, 2.75) is 38.4 Å². The molecule has 1 aromatic carbocycles. The summed E-state index contributed by atoms with van der Waals surface area (Å²) in [6.07, 6.45) is 4.24. The average Bonchev–Trinajstić information content (AvgIpc) is 3.22. The summed E-state index contributed by atoms with van der Waals surface area (Å²) in [5, 5.41) is 0. The van der Waals surface area contributed by atoms with Crippen LogP contribution in [0.4, 0.5) is 0 Å². The molecular formula is C16H21NO2. The van der Waals surface area contributed by atoms with E-state index in [0.717, 1.165) is 12.8 Å². The lowest BCUT2D eigenvalue weighted by molar-refractivity contribution is -0.132. The first-order chi connectivity index (χ1) is 9.22. The molecule has 0 aromatic heterocycles. The van der Waals surface area contributed by atoms with E-state index in [2.05, 4.69) is 18.2 Å². The Morgan fingerprint density at radius 2 is 2.05 bits per heavy atom. The summed E-state index contributed by atoms with van der Waals surface area (Å²) in [6, 6.07) is 8.40. The van der Waals surface area contributed by atoms with Gasteiger partial charge in [-0.05, 0) is 29.9 Å². The van der Waals surface area contributed by atoms with E-state index in [1.54, 1.807) is 0 Å². The van der Waals surface area contributed by atoms with Gasteiger partial charge in [-0.15, -0.1) is 0 Å². The maximum absolute atomic E-state index is 12.0. The van der Waals surface area contributed by atoms with E-state index < -0.39 is 0 Å². The first kappa shape index (κ1) is 12.7. The van der Waals surface area contributed by atoms with Gasteiger partial charge in [-0.1, -0.05) is 24.3 Å². The Morgan fingerprint density at radius 3 is 2.79 bits per heavy atom. The van der Waals surface area contributed by atoms with Crippen LogP contribution < -0.4 is 0 Å². The van der Waals surface area contributed by atoms with E-state index in [0.29, 0.717) is 19.1 Å². The van der Waals surface area contributed by atoms with Crippen LogP contribution in [0.15, 0.2) is 24.3 Å². The summed E-state index contributed by atoms with van der Waals surface area (Å²) in [4.78, 5) is 13.8. The topological polar surface area (TPSA) is 29.5 Å². The molecule has 1 atom stereocenters. The zero-order chi connectivity index (χ0) is 13.2. The molecule has 19 heavy (non-hydrogen) atoms. The molecule has 0 saturated heterocycles. The van der Waals surface area contributed by atoms with Gasteiger partial charge in [0, 0.05) is 26.4 Å². The zero-order valence-electron chi connectivity index (χ0n) is 11.5. The molecule has 0 bridgehead atoms. The molecule has 2 aliphatic rings. The van der Waals surface area contributed by atoms with E-state index in [1.165, 1.54) is 24.0 Å². The molecule has 1 aromatic rings. The lowest BCUT2D eigenvalue weighted by Crippen LogP contribution is -2.38. The maximum Gasteiger partial charge on any atom is 0.222 e. The van der Waals surface area contributed by atoms with Gasteiger partial charge in [0.1, 0.15) is 0 Å². The monoisotopic (exact) mass is 259 g/mol. The summed E-state index contributed by atoms with van der Waals surface area (Å²) < 4.78 is 5.85. The standard InChI is InChI=1S/C16H21NO2/c1-17(16(18)8-12-6-7-12)10-15-9-13-4-2-3-5-14(13)11-19-15/h2-5,12,15H,6-11H2,1H3. The fourth-order valence-corrected chi connectivity index (χ4v) is 2.66. The van der Waals surface area contributed by atoms with Gasteiger partial charge in [-0.25, -0.2) is 0 Å². The maximum atomic E-state index is 12.0. The highest BCUT2D eigenvalue weighted by Gasteiger charge is 2.27. The highest BCUT2D eigenvalue weighted by molar-refractivity contribution is 5.76. The number of amides is 1. The Balaban J connectivity index is 1.54. The van der Waals surface area contributed by atoms with E-state index in [-0.39, 0.29) is 12.0 Å². The number of benzene rings is 1. The van der Waals surface area contributed by atoms with Gasteiger partial charge in [0.15, 0.2) is 0 Å². The van der Waals surface area contributed by atoms with Gasteiger partial charge in [0.05, 0.1) is 12.7 Å². The smallest absolute Gasteiger partial charge is 0.222 e. The second-order valence-corrected chi connectivity index (χ2v) is 5.83. The highest BCUT2D eigenvalue weighted by Crippen LogP contribution is 2.32. The molecule has 1 heterocycles. The zero-order valence-corrected chi connectivity index (χ0v) is 11.5. The van der Waals surface area contributed by atoms with E-state index in [9.17, 15) is 4.79 Å². The van der Waals surface area contributed by atoms with E-state index in [4.69, 9.17) is 4.74 Å². The highest BCUT2D eigenvalue weighted by atomic mass is 16.5. The molecule has 1 aliphatic carbocycles. The van der Waals surface area contributed by atoms with Crippen LogP contribution in [0, 0.1) is 5.92 Å². The molecule has 3 heteroatoms. The Kier molecular flexibility index (Phi) is 3.56. The second kappa shape index (κ2) is 5.33. The SMILES string of the molecule is CN(CC1Cc2ccccc2CO1)C(=O)CC1CC1. The van der Waals surface area contributed by atoms with Crippen molar-refractivity contribution in [2.24, 2.45) is 5.92 Å². The van der Waals surface area contributed by atoms with Crippen LogP contribution in [0.2, 0.25) is 0 Å². The molecule has 3 nitrogen and oxygen atoms in total. The van der Waals surface area contributed by atoms with Crippen LogP contribution >= 0.6 is 0 Å². The molecule has 1 unspecified atom stereocenters. The van der Waals surface area contributed by atoms with Gasteiger partial charge < -0.3 is 9.64 Å². The largest absolute Gasteiger partial charge is 0.371 e. The van der Waals surface area contributed by atoms with Crippen LogP contribution in [-0.4, -0.2) is 30.5 Å². The summed E-state index contributed by atoms with van der Waals surface area (Å²) >= 11 is 0. The third-order valence-corrected chi connectivity index (χ3v) is 4.10. The summed E-state index contributed by atoms with van der Waals surface area (Å²) in [6.45, 7) is 1.38. The van der Waals surface area contributed by atoms with Crippen molar-refractivity contribution < 1.29 is 9.53 Å². The molecule has 0 spiro atoms. The molecule has 1 saturated carbocycles. The van der Waals surface area contributed by atoms with Gasteiger partial charge in [0.2, 0.25) is 5.91 Å². The van der Waals surface area contributed by atoms with Crippen molar-refractivity contribution in [3.05, 3.63) is 35.4 Å². The molecule has 1 fully saturated rings. The van der Waals surface area contributed by atoms with Gasteiger partial charge in [-0.3, -0.25) is 4.79 Å². The van der Waals surface area contributed by atoms with Crippen molar-refractivity contribution in [3.8, 4) is 0 Å². The number of ether oxygens (including phenoxy) is 1. The van der Waals surface area contributed by atoms with Crippen molar-refractivity contribution in [2.75, 3.05) is 13.6 Å². The molecule has 102 valence electrons. The van der Waals surface area contributed by atoms with Crippen LogP contribution in [0.5, 0.6) is 0 Å². The van der Waals surface area contributed by atoms with Crippen molar-refractivity contribution in [1.82, 2.24) is 4.90 Å². The molecule has 0 radical (unpaired) electrons. The first-order valence-corrected chi connectivity index (χ1v) is 7.14. The molecule has 1 amide bonds. The minimum Gasteiger partial charge on any atom is -0.371 e. The molecule has 1 aliphatic heterocycles. The fourth-order valence-electron chi connectivity index (χ4n) is 2.66. The third-order valence-electron chi connectivity index (χ3n) is 4.10. The Morgan fingerprint density at radius 1 is 1.32 bits per heavy atom. The van der Waals surface area contributed by atoms with Crippen molar-refractivity contribution in [3.63, 3.8) is 0 Å². The Hall–Kier alpha value is -1.35. The average molecular weight is 259 g/mol. The van der Waals surface area contributed by atoms with Crippen molar-refractivity contribution >= 4 is 5.91 Å². The Labute approximate surface area is 114 Å². The predicted molar refractivity (Wildman–Crippen MR) is 73.7 cm³/mol. The molecular weight excluding hydrogens is 238 g/mol. The molecule has 0 N–H and O–H groups in total. The van der Waals surface area contributed by atoms with Crippen LogP contribution in [0.1, 0.15) is 30.4 Å². The number of carbonyl (C=O) groups excluding carboxylic acids is 1. The lowest BCUT2D eigenvalue weighted by Gasteiger charge is -2.29. The van der Waals surface area contributed by atoms with E-state index >= 15 is 0 Å². The number of carbonyl (C=O) groups is 1. The van der Waals surface area contributed by atoms with Gasteiger partial charge in [0.25, 0.3) is 0 Å².